The molecule has 0 saturated carbocycles. The number of nitrogens with zero attached hydrogens (tertiary/aromatic N) is 2. The van der Waals surface area contributed by atoms with E-state index in [1.165, 1.54) is 6.42 Å². The number of benzene rings is 1. The van der Waals surface area contributed by atoms with Crippen molar-refractivity contribution in [1.29, 1.82) is 0 Å². The van der Waals surface area contributed by atoms with Crippen molar-refractivity contribution in [3.05, 3.63) is 29.8 Å². The van der Waals surface area contributed by atoms with Crippen LogP contribution in [0.1, 0.15) is 25.8 Å². The van der Waals surface area contributed by atoms with Crippen molar-refractivity contribution in [3.63, 3.8) is 0 Å². The highest BCUT2D eigenvalue weighted by atomic mass is 32.2. The minimum absolute atomic E-state index is 0.143. The topological polar surface area (TPSA) is 87.8 Å². The van der Waals surface area contributed by atoms with Crippen molar-refractivity contribution in [2.24, 2.45) is 15.5 Å². The van der Waals surface area contributed by atoms with E-state index in [4.69, 9.17) is 5.14 Å². The summed E-state index contributed by atoms with van der Waals surface area (Å²) in [6.07, 6.45) is 1.96. The molecule has 1 aliphatic rings. The van der Waals surface area contributed by atoms with E-state index < -0.39 is 10.0 Å². The van der Waals surface area contributed by atoms with E-state index in [-0.39, 0.29) is 4.90 Å². The highest BCUT2D eigenvalue weighted by Crippen LogP contribution is 2.28. The van der Waals surface area contributed by atoms with Gasteiger partial charge in [-0.25, -0.2) is 13.6 Å². The average molecular weight is 338 g/mol. The molecule has 1 aliphatic heterocycles. The maximum absolute atomic E-state index is 11.2. The minimum atomic E-state index is -3.62. The van der Waals surface area contributed by atoms with Gasteiger partial charge in [-0.15, -0.1) is 0 Å². The molecule has 0 aliphatic carbocycles. The van der Waals surface area contributed by atoms with Gasteiger partial charge in [0.2, 0.25) is 10.0 Å². The summed E-state index contributed by atoms with van der Waals surface area (Å²) in [7, 11) is -1.82. The molecule has 0 bridgehead atoms. The van der Waals surface area contributed by atoms with Crippen molar-refractivity contribution < 1.29 is 8.42 Å². The van der Waals surface area contributed by atoms with E-state index in [2.05, 4.69) is 29.1 Å². The molecule has 7 heteroatoms. The summed E-state index contributed by atoms with van der Waals surface area (Å²) in [5.41, 5.74) is 1.39. The molecule has 0 aromatic heterocycles. The van der Waals surface area contributed by atoms with E-state index in [9.17, 15) is 8.42 Å². The number of rotatable bonds is 4. The third kappa shape index (κ3) is 4.94. The first-order valence-electron chi connectivity index (χ1n) is 7.79. The minimum Gasteiger partial charge on any atom is -0.356 e. The molecule has 1 fully saturated rings. The number of aliphatic imine (C=N–C) groups is 1. The van der Waals surface area contributed by atoms with E-state index in [1.54, 1.807) is 31.3 Å². The first-order chi connectivity index (χ1) is 10.7. The molecule has 1 aromatic carbocycles. The molecule has 1 saturated heterocycles. The summed E-state index contributed by atoms with van der Waals surface area (Å²) in [5.74, 6) is 0.928. The predicted molar refractivity (Wildman–Crippen MR) is 92.9 cm³/mol. The van der Waals surface area contributed by atoms with Gasteiger partial charge in [-0.3, -0.25) is 4.99 Å². The summed E-state index contributed by atoms with van der Waals surface area (Å²) in [5, 5.41) is 8.47. The fourth-order valence-electron chi connectivity index (χ4n) is 2.79. The molecule has 0 amide bonds. The highest BCUT2D eigenvalue weighted by Gasteiger charge is 2.30. The van der Waals surface area contributed by atoms with Crippen LogP contribution >= 0.6 is 0 Å². The molecule has 2 rings (SSSR count). The quantitative estimate of drug-likeness (QED) is 0.637. The van der Waals surface area contributed by atoms with Gasteiger partial charge in [0.15, 0.2) is 5.96 Å². The van der Waals surface area contributed by atoms with Crippen molar-refractivity contribution in [3.8, 4) is 0 Å². The molecule has 3 N–H and O–H groups in total. The number of nitrogens with two attached hydrogens (primary N) is 1. The Morgan fingerprint density at radius 3 is 2.48 bits per heavy atom. The fraction of sp³-hybridized carbons (Fsp3) is 0.562. The van der Waals surface area contributed by atoms with Gasteiger partial charge in [0.1, 0.15) is 0 Å². The van der Waals surface area contributed by atoms with Crippen LogP contribution in [0.5, 0.6) is 0 Å². The lowest BCUT2D eigenvalue weighted by molar-refractivity contribution is 0.370. The van der Waals surface area contributed by atoms with Crippen LogP contribution in [0, 0.1) is 5.41 Å². The third-order valence-electron chi connectivity index (χ3n) is 4.14. The van der Waals surface area contributed by atoms with Crippen molar-refractivity contribution >= 4 is 16.0 Å². The maximum Gasteiger partial charge on any atom is 0.238 e. The SMILES string of the molecule is CN=C(NCCc1ccc(S(N)(=O)=O)cc1)N1CCC(C)(C)C1. The molecular weight excluding hydrogens is 312 g/mol. The molecule has 128 valence electrons. The van der Waals surface area contributed by atoms with E-state index in [1.807, 2.05) is 0 Å². The molecule has 0 radical (unpaired) electrons. The van der Waals surface area contributed by atoms with Crippen molar-refractivity contribution in [2.75, 3.05) is 26.7 Å². The summed E-state index contributed by atoms with van der Waals surface area (Å²) in [6, 6.07) is 6.68. The van der Waals surface area contributed by atoms with Crippen LogP contribution in [-0.2, 0) is 16.4 Å². The first kappa shape index (κ1) is 17.7. The van der Waals surface area contributed by atoms with Gasteiger partial charge < -0.3 is 10.2 Å². The second kappa shape index (κ2) is 6.88. The van der Waals surface area contributed by atoms with E-state index >= 15 is 0 Å². The first-order valence-corrected chi connectivity index (χ1v) is 9.33. The number of primary sulfonamides is 1. The summed E-state index contributed by atoms with van der Waals surface area (Å²) < 4.78 is 22.5. The third-order valence-corrected chi connectivity index (χ3v) is 5.07. The Balaban J connectivity index is 1.87. The van der Waals surface area contributed by atoms with E-state index in [0.29, 0.717) is 5.41 Å². The van der Waals surface area contributed by atoms with Gasteiger partial charge >= 0.3 is 0 Å². The smallest absolute Gasteiger partial charge is 0.238 e. The molecule has 0 unspecified atom stereocenters. The van der Waals surface area contributed by atoms with Gasteiger partial charge in [0, 0.05) is 26.7 Å². The van der Waals surface area contributed by atoms with Gasteiger partial charge in [-0.1, -0.05) is 26.0 Å². The lowest BCUT2D eigenvalue weighted by Crippen LogP contribution is -2.41. The number of likely N-dealkylation sites (tertiary alicyclic amines) is 1. The van der Waals surface area contributed by atoms with Gasteiger partial charge in [0.05, 0.1) is 4.90 Å². The van der Waals surface area contributed by atoms with Gasteiger partial charge in [-0.2, -0.15) is 0 Å². The molecule has 0 spiro atoms. The standard InChI is InChI=1S/C16H26N4O2S/c1-16(2)9-11-20(12-16)15(18-3)19-10-8-13-4-6-14(7-5-13)23(17,21)22/h4-7H,8-12H2,1-3H3,(H,18,19)(H2,17,21,22). The van der Waals surface area contributed by atoms with Crippen LogP contribution in [0.2, 0.25) is 0 Å². The number of guanidine groups is 1. The molecule has 23 heavy (non-hydrogen) atoms. The molecule has 1 aromatic rings. The van der Waals surface area contributed by atoms with Crippen LogP contribution in [0.25, 0.3) is 0 Å². The van der Waals surface area contributed by atoms with Crippen molar-refractivity contribution in [1.82, 2.24) is 10.2 Å². The molecule has 1 heterocycles. The van der Waals surface area contributed by atoms with Crippen LogP contribution in [0.15, 0.2) is 34.2 Å². The lowest BCUT2D eigenvalue weighted by Gasteiger charge is -2.23. The zero-order valence-electron chi connectivity index (χ0n) is 14.0. The Morgan fingerprint density at radius 1 is 1.35 bits per heavy atom. The normalized spacial score (nSPS) is 18.3. The number of sulfonamides is 1. The van der Waals surface area contributed by atoms with Gasteiger partial charge in [-0.05, 0) is 36.0 Å². The molecule has 0 atom stereocenters. The largest absolute Gasteiger partial charge is 0.356 e. The summed E-state index contributed by atoms with van der Waals surface area (Å²) in [4.78, 5) is 6.77. The Bertz CT molecular complexity index is 666. The second-order valence-corrected chi connectivity index (χ2v) is 8.31. The Labute approximate surface area is 138 Å². The average Bonchev–Trinajstić information content (AvgIpc) is 2.83. The molecular formula is C16H26N4O2S. The van der Waals surface area contributed by atoms with Crippen molar-refractivity contribution in [2.45, 2.75) is 31.6 Å². The van der Waals surface area contributed by atoms with E-state index in [0.717, 1.165) is 37.6 Å². The Morgan fingerprint density at radius 2 is 2.00 bits per heavy atom. The summed E-state index contributed by atoms with van der Waals surface area (Å²) >= 11 is 0. The van der Waals surface area contributed by atoms with Crippen LogP contribution < -0.4 is 10.5 Å². The predicted octanol–water partition coefficient (Wildman–Crippen LogP) is 1.18. The zero-order valence-corrected chi connectivity index (χ0v) is 14.9. The number of hydrogen-bond acceptors (Lipinski definition) is 3. The zero-order chi connectivity index (χ0) is 17.1. The number of nitrogens with one attached hydrogen (secondary N) is 1. The fourth-order valence-corrected chi connectivity index (χ4v) is 3.31. The highest BCUT2D eigenvalue weighted by molar-refractivity contribution is 7.89. The maximum atomic E-state index is 11.2. The monoisotopic (exact) mass is 338 g/mol. The second-order valence-electron chi connectivity index (χ2n) is 6.75. The molecule has 6 nitrogen and oxygen atoms in total. The number of hydrogen-bond donors (Lipinski definition) is 2. The lowest BCUT2D eigenvalue weighted by atomic mass is 9.93. The Hall–Kier alpha value is -1.60. The van der Waals surface area contributed by atoms with Gasteiger partial charge in [0.25, 0.3) is 0 Å². The Kier molecular flexibility index (Phi) is 5.31. The van der Waals surface area contributed by atoms with Crippen LogP contribution in [0.4, 0.5) is 0 Å². The summed E-state index contributed by atoms with van der Waals surface area (Å²) in [6.45, 7) is 7.32. The van der Waals surface area contributed by atoms with Crippen LogP contribution in [0.3, 0.4) is 0 Å². The van der Waals surface area contributed by atoms with Crippen LogP contribution in [-0.4, -0.2) is 46.0 Å².